The van der Waals surface area contributed by atoms with Crippen molar-refractivity contribution in [3.05, 3.63) is 0 Å². The van der Waals surface area contributed by atoms with E-state index in [0.717, 1.165) is 6.42 Å². The molecule has 0 aliphatic carbocycles. The van der Waals surface area contributed by atoms with Gasteiger partial charge in [0, 0.05) is 0 Å². The Morgan fingerprint density at radius 2 is 1.89 bits per heavy atom. The topological polar surface area (TPSA) is 12.4 Å². The van der Waals surface area contributed by atoms with Crippen molar-refractivity contribution in [1.29, 1.82) is 0 Å². The molecule has 0 saturated carbocycles. The molecule has 0 radical (unpaired) electrons. The Bertz CT molecular complexity index is 89.2. The Morgan fingerprint density at radius 3 is 1.89 bits per heavy atom. The van der Waals surface area contributed by atoms with Crippen LogP contribution in [0.3, 0.4) is 0 Å². The lowest BCUT2D eigenvalue weighted by Crippen LogP contribution is -2.22. The first kappa shape index (κ1) is 8.67. The first-order chi connectivity index (χ1) is 4.02. The molecule has 0 N–H and O–H groups in total. The van der Waals surface area contributed by atoms with Crippen LogP contribution in [-0.4, -0.2) is 12.8 Å². The SMILES string of the molecule is C=NC(CC)C(C)(C)C. The van der Waals surface area contributed by atoms with Gasteiger partial charge < -0.3 is 0 Å². The lowest BCUT2D eigenvalue weighted by molar-refractivity contribution is 0.317. The minimum Gasteiger partial charge on any atom is -0.297 e. The minimum absolute atomic E-state index is 0.288. The average molecular weight is 127 g/mol. The Hall–Kier alpha value is -0.330. The monoisotopic (exact) mass is 127 g/mol. The van der Waals surface area contributed by atoms with Crippen molar-refractivity contribution in [2.24, 2.45) is 10.4 Å². The maximum atomic E-state index is 4.03. The highest BCUT2D eigenvalue weighted by Crippen LogP contribution is 2.23. The Labute approximate surface area is 58.2 Å². The van der Waals surface area contributed by atoms with Gasteiger partial charge in [-0.1, -0.05) is 27.7 Å². The molecule has 0 rings (SSSR count). The van der Waals surface area contributed by atoms with Crippen molar-refractivity contribution in [3.8, 4) is 0 Å². The maximum absolute atomic E-state index is 4.03. The van der Waals surface area contributed by atoms with E-state index in [-0.39, 0.29) is 5.41 Å². The third-order valence-electron chi connectivity index (χ3n) is 1.61. The van der Waals surface area contributed by atoms with Crippen LogP contribution in [0.2, 0.25) is 0 Å². The van der Waals surface area contributed by atoms with Crippen LogP contribution < -0.4 is 0 Å². The molecular formula is C8H17N. The van der Waals surface area contributed by atoms with Gasteiger partial charge in [0.2, 0.25) is 0 Å². The highest BCUT2D eigenvalue weighted by atomic mass is 14.8. The first-order valence-electron chi connectivity index (χ1n) is 3.48. The molecule has 9 heavy (non-hydrogen) atoms. The smallest absolute Gasteiger partial charge is 0.0538 e. The van der Waals surface area contributed by atoms with Crippen LogP contribution in [-0.2, 0) is 0 Å². The maximum Gasteiger partial charge on any atom is 0.0538 e. The summed E-state index contributed by atoms with van der Waals surface area (Å²) >= 11 is 0. The summed E-state index contributed by atoms with van der Waals surface area (Å²) in [5.74, 6) is 0. The predicted molar refractivity (Wildman–Crippen MR) is 43.1 cm³/mol. The number of aliphatic imine (C=N–C) groups is 1. The zero-order valence-corrected chi connectivity index (χ0v) is 6.94. The van der Waals surface area contributed by atoms with Crippen LogP contribution in [0.25, 0.3) is 0 Å². The number of rotatable bonds is 2. The summed E-state index contributed by atoms with van der Waals surface area (Å²) < 4.78 is 0. The van der Waals surface area contributed by atoms with E-state index in [2.05, 4.69) is 39.4 Å². The molecule has 0 aromatic carbocycles. The number of nitrogens with zero attached hydrogens (tertiary/aromatic N) is 1. The van der Waals surface area contributed by atoms with Crippen molar-refractivity contribution in [2.75, 3.05) is 0 Å². The summed E-state index contributed by atoms with van der Waals surface area (Å²) in [7, 11) is 0. The second kappa shape index (κ2) is 3.00. The minimum atomic E-state index is 0.288. The van der Waals surface area contributed by atoms with Gasteiger partial charge in [-0.3, -0.25) is 4.99 Å². The zero-order valence-electron chi connectivity index (χ0n) is 6.94. The fourth-order valence-electron chi connectivity index (χ4n) is 1.02. The third-order valence-corrected chi connectivity index (χ3v) is 1.61. The molecule has 0 aliphatic heterocycles. The molecule has 0 aliphatic rings. The molecule has 54 valence electrons. The number of hydrogen-bond donors (Lipinski definition) is 0. The molecule has 0 bridgehead atoms. The molecule has 1 nitrogen and oxygen atoms in total. The van der Waals surface area contributed by atoms with Gasteiger partial charge >= 0.3 is 0 Å². The van der Waals surface area contributed by atoms with Gasteiger partial charge in [0.05, 0.1) is 6.04 Å². The Morgan fingerprint density at radius 1 is 1.44 bits per heavy atom. The fraction of sp³-hybridized carbons (Fsp3) is 0.875. The average Bonchev–Trinajstić information content (AvgIpc) is 1.65. The largest absolute Gasteiger partial charge is 0.297 e. The molecule has 0 heterocycles. The summed E-state index contributed by atoms with van der Waals surface area (Å²) in [6, 6.07) is 0.414. The second-order valence-electron chi connectivity index (χ2n) is 3.47. The molecule has 0 aromatic rings. The normalized spacial score (nSPS) is 15.1. The summed E-state index contributed by atoms with van der Waals surface area (Å²) in [4.78, 5) is 4.03. The molecule has 1 atom stereocenters. The van der Waals surface area contributed by atoms with Crippen LogP contribution in [0.1, 0.15) is 34.1 Å². The van der Waals surface area contributed by atoms with Crippen molar-refractivity contribution >= 4 is 6.72 Å². The van der Waals surface area contributed by atoms with Gasteiger partial charge in [0.1, 0.15) is 0 Å². The van der Waals surface area contributed by atoms with E-state index in [4.69, 9.17) is 0 Å². The van der Waals surface area contributed by atoms with E-state index in [1.807, 2.05) is 0 Å². The van der Waals surface area contributed by atoms with Crippen LogP contribution >= 0.6 is 0 Å². The highest BCUT2D eigenvalue weighted by Gasteiger charge is 2.20. The third kappa shape index (κ3) is 2.64. The van der Waals surface area contributed by atoms with Crippen molar-refractivity contribution < 1.29 is 0 Å². The molecule has 0 aromatic heterocycles. The van der Waals surface area contributed by atoms with Crippen molar-refractivity contribution in [1.82, 2.24) is 0 Å². The van der Waals surface area contributed by atoms with Crippen LogP contribution in [0.15, 0.2) is 4.99 Å². The second-order valence-corrected chi connectivity index (χ2v) is 3.47. The lowest BCUT2D eigenvalue weighted by Gasteiger charge is -2.25. The van der Waals surface area contributed by atoms with E-state index < -0.39 is 0 Å². The van der Waals surface area contributed by atoms with Crippen LogP contribution in [0.5, 0.6) is 0 Å². The predicted octanol–water partition coefficient (Wildman–Crippen LogP) is 2.51. The first-order valence-corrected chi connectivity index (χ1v) is 3.48. The standard InChI is InChI=1S/C8H17N/c1-6-7(9-5)8(2,3)4/h7H,5-6H2,1-4H3. The Balaban J connectivity index is 3.94. The Kier molecular flexibility index (Phi) is 2.89. The van der Waals surface area contributed by atoms with E-state index in [9.17, 15) is 0 Å². The molecule has 1 unspecified atom stereocenters. The van der Waals surface area contributed by atoms with Crippen molar-refractivity contribution in [2.45, 2.75) is 40.2 Å². The summed E-state index contributed by atoms with van der Waals surface area (Å²) in [5, 5.41) is 0. The summed E-state index contributed by atoms with van der Waals surface area (Å²) in [6.07, 6.45) is 1.09. The summed E-state index contributed by atoms with van der Waals surface area (Å²) in [5.41, 5.74) is 0.288. The van der Waals surface area contributed by atoms with E-state index in [1.54, 1.807) is 0 Å². The van der Waals surface area contributed by atoms with Gasteiger partial charge in [-0.05, 0) is 18.6 Å². The van der Waals surface area contributed by atoms with Gasteiger partial charge in [0.15, 0.2) is 0 Å². The fourth-order valence-corrected chi connectivity index (χ4v) is 1.02. The zero-order chi connectivity index (χ0) is 7.49. The lowest BCUT2D eigenvalue weighted by atomic mass is 9.86. The molecule has 0 amide bonds. The molecule has 0 spiro atoms. The quantitative estimate of drug-likeness (QED) is 0.505. The van der Waals surface area contributed by atoms with Crippen LogP contribution in [0, 0.1) is 5.41 Å². The number of hydrogen-bond acceptors (Lipinski definition) is 1. The van der Waals surface area contributed by atoms with Gasteiger partial charge in [-0.25, -0.2) is 0 Å². The van der Waals surface area contributed by atoms with Crippen molar-refractivity contribution in [3.63, 3.8) is 0 Å². The van der Waals surface area contributed by atoms with E-state index in [0.29, 0.717) is 6.04 Å². The molecule has 0 saturated heterocycles. The van der Waals surface area contributed by atoms with Gasteiger partial charge in [-0.15, -0.1) is 0 Å². The van der Waals surface area contributed by atoms with Gasteiger partial charge in [0.25, 0.3) is 0 Å². The van der Waals surface area contributed by atoms with E-state index in [1.165, 1.54) is 0 Å². The van der Waals surface area contributed by atoms with Crippen LogP contribution in [0.4, 0.5) is 0 Å². The summed E-state index contributed by atoms with van der Waals surface area (Å²) in [6.45, 7) is 12.3. The highest BCUT2D eigenvalue weighted by molar-refractivity contribution is 5.24. The van der Waals surface area contributed by atoms with E-state index >= 15 is 0 Å². The van der Waals surface area contributed by atoms with Gasteiger partial charge in [-0.2, -0.15) is 0 Å². The molecule has 1 heteroatoms. The molecule has 0 fully saturated rings. The molecular weight excluding hydrogens is 110 g/mol.